The van der Waals surface area contributed by atoms with E-state index in [4.69, 9.17) is 16.7 Å². The molecular weight excluding hydrogens is 234 g/mol. The maximum atomic E-state index is 11.3. The van der Waals surface area contributed by atoms with Crippen LogP contribution >= 0.6 is 11.6 Å². The average molecular weight is 240 g/mol. The van der Waals surface area contributed by atoms with Gasteiger partial charge in [-0.3, -0.25) is 0 Å². The minimum atomic E-state index is -1.20. The molecule has 0 spiro atoms. The molecule has 1 heterocycles. The molecule has 0 bridgehead atoms. The van der Waals surface area contributed by atoms with Crippen molar-refractivity contribution in [3.63, 3.8) is 0 Å². The van der Waals surface area contributed by atoms with E-state index >= 15 is 0 Å². The molecule has 0 aliphatic carbocycles. The van der Waals surface area contributed by atoms with Crippen LogP contribution in [0.5, 0.6) is 0 Å². The molecule has 0 aliphatic heterocycles. The standard InChI is InChI=1S/C9H6ClN3O3/c10-5-2-1-3-6(7(5)8(14)15)13-4-11-12-9(13)16/h1-4H,(H,12,16)(H,14,15). The van der Waals surface area contributed by atoms with E-state index in [1.54, 1.807) is 6.07 Å². The van der Waals surface area contributed by atoms with Gasteiger partial charge in [-0.25, -0.2) is 19.3 Å². The van der Waals surface area contributed by atoms with Crippen LogP contribution in [0.25, 0.3) is 5.69 Å². The molecule has 0 atom stereocenters. The van der Waals surface area contributed by atoms with Crippen LogP contribution in [0, 0.1) is 0 Å². The van der Waals surface area contributed by atoms with E-state index in [1.807, 2.05) is 0 Å². The summed E-state index contributed by atoms with van der Waals surface area (Å²) in [7, 11) is 0. The van der Waals surface area contributed by atoms with E-state index in [9.17, 15) is 9.59 Å². The van der Waals surface area contributed by atoms with Crippen LogP contribution in [0.4, 0.5) is 0 Å². The summed E-state index contributed by atoms with van der Waals surface area (Å²) in [5, 5.41) is 14.8. The van der Waals surface area contributed by atoms with E-state index in [0.29, 0.717) is 0 Å². The Morgan fingerprint density at radius 1 is 1.50 bits per heavy atom. The number of aromatic carboxylic acids is 1. The highest BCUT2D eigenvalue weighted by molar-refractivity contribution is 6.34. The van der Waals surface area contributed by atoms with Crippen molar-refractivity contribution in [3.8, 4) is 5.69 Å². The van der Waals surface area contributed by atoms with Gasteiger partial charge in [0.2, 0.25) is 0 Å². The molecule has 7 heteroatoms. The lowest BCUT2D eigenvalue weighted by Crippen LogP contribution is -2.17. The Morgan fingerprint density at radius 2 is 2.25 bits per heavy atom. The largest absolute Gasteiger partial charge is 0.478 e. The van der Waals surface area contributed by atoms with Gasteiger partial charge in [0, 0.05) is 0 Å². The second-order valence-electron chi connectivity index (χ2n) is 2.97. The molecule has 2 aromatic rings. The summed E-state index contributed by atoms with van der Waals surface area (Å²) < 4.78 is 1.08. The maximum Gasteiger partial charge on any atom is 0.347 e. The van der Waals surface area contributed by atoms with Gasteiger partial charge in [-0.05, 0) is 12.1 Å². The monoisotopic (exact) mass is 239 g/mol. The molecule has 82 valence electrons. The van der Waals surface area contributed by atoms with Crippen molar-refractivity contribution in [2.45, 2.75) is 0 Å². The number of nitrogens with zero attached hydrogens (tertiary/aromatic N) is 2. The topological polar surface area (TPSA) is 88.0 Å². The highest BCUT2D eigenvalue weighted by Gasteiger charge is 2.16. The third-order valence-electron chi connectivity index (χ3n) is 2.02. The first-order valence-corrected chi connectivity index (χ1v) is 4.63. The minimum Gasteiger partial charge on any atom is -0.478 e. The fraction of sp³-hybridized carbons (Fsp3) is 0. The first-order valence-electron chi connectivity index (χ1n) is 4.25. The van der Waals surface area contributed by atoms with Crippen molar-refractivity contribution >= 4 is 17.6 Å². The summed E-state index contributed by atoms with van der Waals surface area (Å²) in [5.41, 5.74) is -0.476. The fourth-order valence-corrected chi connectivity index (χ4v) is 1.60. The molecule has 6 nitrogen and oxygen atoms in total. The number of H-pyrrole nitrogens is 1. The molecule has 0 saturated carbocycles. The highest BCUT2D eigenvalue weighted by atomic mass is 35.5. The number of aromatic nitrogens is 3. The number of halogens is 1. The van der Waals surface area contributed by atoms with Gasteiger partial charge in [0.25, 0.3) is 0 Å². The second-order valence-corrected chi connectivity index (χ2v) is 3.38. The maximum absolute atomic E-state index is 11.3. The predicted octanol–water partition coefficient (Wildman–Crippen LogP) is 0.912. The minimum absolute atomic E-state index is 0.0677. The third-order valence-corrected chi connectivity index (χ3v) is 2.33. The smallest absolute Gasteiger partial charge is 0.347 e. The molecule has 0 amide bonds. The Morgan fingerprint density at radius 3 is 2.81 bits per heavy atom. The molecular formula is C9H6ClN3O3. The third kappa shape index (κ3) is 1.59. The normalized spacial score (nSPS) is 10.3. The predicted molar refractivity (Wildman–Crippen MR) is 56.2 cm³/mol. The molecule has 0 unspecified atom stereocenters. The number of rotatable bonds is 2. The van der Waals surface area contributed by atoms with E-state index in [-0.39, 0.29) is 16.3 Å². The Kier molecular flexibility index (Phi) is 2.49. The first-order chi connectivity index (χ1) is 7.61. The van der Waals surface area contributed by atoms with Crippen molar-refractivity contribution in [3.05, 3.63) is 45.6 Å². The zero-order valence-electron chi connectivity index (χ0n) is 7.85. The van der Waals surface area contributed by atoms with Crippen molar-refractivity contribution in [2.24, 2.45) is 0 Å². The number of carboxylic acids is 1. The van der Waals surface area contributed by atoms with E-state index in [2.05, 4.69) is 10.2 Å². The molecule has 0 saturated heterocycles. The number of benzene rings is 1. The number of carbonyl (C=O) groups is 1. The molecule has 0 fully saturated rings. The Bertz CT molecular complexity index is 602. The number of nitrogens with one attached hydrogen (secondary N) is 1. The summed E-state index contributed by atoms with van der Waals surface area (Å²) in [6.07, 6.45) is 1.19. The Balaban J connectivity index is 2.76. The van der Waals surface area contributed by atoms with Crippen LogP contribution in [0.2, 0.25) is 5.02 Å². The summed E-state index contributed by atoms with van der Waals surface area (Å²) in [5.74, 6) is -1.20. The van der Waals surface area contributed by atoms with E-state index in [1.165, 1.54) is 18.5 Å². The van der Waals surface area contributed by atoms with Gasteiger partial charge in [-0.2, -0.15) is 5.10 Å². The number of hydrogen-bond acceptors (Lipinski definition) is 3. The van der Waals surface area contributed by atoms with Gasteiger partial charge in [0.1, 0.15) is 11.9 Å². The molecule has 0 aliphatic rings. The molecule has 2 N–H and O–H groups in total. The summed E-state index contributed by atoms with van der Waals surface area (Å²) in [6, 6.07) is 4.48. The SMILES string of the molecule is O=C(O)c1c(Cl)cccc1-n1cn[nH]c1=O. The highest BCUT2D eigenvalue weighted by Crippen LogP contribution is 2.22. The Hall–Kier alpha value is -2.08. The molecule has 16 heavy (non-hydrogen) atoms. The number of aromatic amines is 1. The van der Waals surface area contributed by atoms with Gasteiger partial charge < -0.3 is 5.11 Å². The average Bonchev–Trinajstić information content (AvgIpc) is 2.63. The fourth-order valence-electron chi connectivity index (χ4n) is 1.34. The Labute approximate surface area is 94.1 Å². The van der Waals surface area contributed by atoms with Gasteiger partial charge in [-0.1, -0.05) is 17.7 Å². The van der Waals surface area contributed by atoms with Gasteiger partial charge in [0.15, 0.2) is 0 Å². The van der Waals surface area contributed by atoms with Crippen LogP contribution in [0.15, 0.2) is 29.3 Å². The van der Waals surface area contributed by atoms with Crippen molar-refractivity contribution in [1.82, 2.24) is 14.8 Å². The van der Waals surface area contributed by atoms with Gasteiger partial charge in [-0.15, -0.1) is 0 Å². The van der Waals surface area contributed by atoms with Gasteiger partial charge in [0.05, 0.1) is 10.7 Å². The van der Waals surface area contributed by atoms with Crippen LogP contribution in [0.1, 0.15) is 10.4 Å². The first kappa shape index (κ1) is 10.4. The van der Waals surface area contributed by atoms with Crippen LogP contribution in [-0.4, -0.2) is 25.8 Å². The zero-order chi connectivity index (χ0) is 11.7. The lowest BCUT2D eigenvalue weighted by Gasteiger charge is -2.06. The summed E-state index contributed by atoms with van der Waals surface area (Å²) in [6.45, 7) is 0. The number of carboxylic acid groups (broad SMARTS) is 1. The summed E-state index contributed by atoms with van der Waals surface area (Å²) in [4.78, 5) is 22.3. The molecule has 2 rings (SSSR count). The summed E-state index contributed by atoms with van der Waals surface area (Å²) >= 11 is 5.77. The van der Waals surface area contributed by atoms with Crippen molar-refractivity contribution in [1.29, 1.82) is 0 Å². The second kappa shape index (κ2) is 3.82. The lowest BCUT2D eigenvalue weighted by atomic mass is 10.2. The van der Waals surface area contributed by atoms with Crippen LogP contribution in [-0.2, 0) is 0 Å². The quantitative estimate of drug-likeness (QED) is 0.815. The molecule has 0 radical (unpaired) electrons. The molecule has 1 aromatic heterocycles. The van der Waals surface area contributed by atoms with Crippen molar-refractivity contribution < 1.29 is 9.90 Å². The van der Waals surface area contributed by atoms with E-state index in [0.717, 1.165) is 4.57 Å². The molecule has 1 aromatic carbocycles. The number of hydrogen-bond donors (Lipinski definition) is 2. The lowest BCUT2D eigenvalue weighted by molar-refractivity contribution is 0.0697. The van der Waals surface area contributed by atoms with E-state index < -0.39 is 11.7 Å². The zero-order valence-corrected chi connectivity index (χ0v) is 8.60. The van der Waals surface area contributed by atoms with Crippen molar-refractivity contribution in [2.75, 3.05) is 0 Å². The van der Waals surface area contributed by atoms with Crippen LogP contribution < -0.4 is 5.69 Å². The van der Waals surface area contributed by atoms with Gasteiger partial charge >= 0.3 is 11.7 Å². The van der Waals surface area contributed by atoms with Crippen LogP contribution in [0.3, 0.4) is 0 Å².